The molecule has 2 unspecified atom stereocenters. The number of aromatic nitrogens is 2. The summed E-state index contributed by atoms with van der Waals surface area (Å²) in [4.78, 5) is 11.1. The van der Waals surface area contributed by atoms with Crippen molar-refractivity contribution in [2.75, 3.05) is 19.3 Å². The lowest BCUT2D eigenvalue weighted by molar-refractivity contribution is 0.0497. The fourth-order valence-electron chi connectivity index (χ4n) is 3.50. The summed E-state index contributed by atoms with van der Waals surface area (Å²) in [5.74, 6) is 2.31. The van der Waals surface area contributed by atoms with Crippen molar-refractivity contribution >= 4 is 16.9 Å². The number of nitrogens with two attached hydrogens (primary N) is 1. The first kappa shape index (κ1) is 16.2. The normalized spacial score (nSPS) is 22.1. The molecule has 0 aromatic carbocycles. The SMILES string of the molecule is Cc1oc2nc(CN(C)CC3CCCCC3O)nc(N)c2c1C. The third-order valence-electron chi connectivity index (χ3n) is 4.93. The molecule has 2 heterocycles. The first-order valence-electron chi connectivity index (χ1n) is 8.34. The fourth-order valence-corrected chi connectivity index (χ4v) is 3.50. The van der Waals surface area contributed by atoms with Crippen LogP contribution in [0.25, 0.3) is 11.1 Å². The quantitative estimate of drug-likeness (QED) is 0.900. The molecule has 6 nitrogen and oxygen atoms in total. The summed E-state index contributed by atoms with van der Waals surface area (Å²) >= 11 is 0. The third kappa shape index (κ3) is 3.33. The highest BCUT2D eigenvalue weighted by Gasteiger charge is 2.24. The molecule has 1 saturated carbocycles. The molecule has 23 heavy (non-hydrogen) atoms. The van der Waals surface area contributed by atoms with Crippen molar-refractivity contribution in [3.8, 4) is 0 Å². The van der Waals surface area contributed by atoms with Gasteiger partial charge in [-0.3, -0.25) is 4.90 Å². The van der Waals surface area contributed by atoms with Gasteiger partial charge in [0.25, 0.3) is 0 Å². The third-order valence-corrected chi connectivity index (χ3v) is 4.93. The highest BCUT2D eigenvalue weighted by atomic mass is 16.3. The molecule has 3 N–H and O–H groups in total. The van der Waals surface area contributed by atoms with Crippen LogP contribution in [0.3, 0.4) is 0 Å². The van der Waals surface area contributed by atoms with Gasteiger partial charge in [-0.1, -0.05) is 12.8 Å². The molecule has 1 aliphatic carbocycles. The molecule has 126 valence electrons. The standard InChI is InChI=1S/C17H26N4O2/c1-10-11(2)23-17-15(10)16(18)19-14(20-17)9-21(3)8-12-6-4-5-7-13(12)22/h12-13,22H,4-9H2,1-3H3,(H2,18,19,20). The molecule has 0 radical (unpaired) electrons. The second-order valence-corrected chi connectivity index (χ2v) is 6.80. The molecule has 3 rings (SSSR count). The highest BCUT2D eigenvalue weighted by Crippen LogP contribution is 2.28. The zero-order valence-electron chi connectivity index (χ0n) is 14.2. The van der Waals surface area contributed by atoms with Gasteiger partial charge in [0.1, 0.15) is 17.4 Å². The molecule has 0 bridgehead atoms. The van der Waals surface area contributed by atoms with E-state index < -0.39 is 0 Å². The number of hydrogen-bond acceptors (Lipinski definition) is 6. The van der Waals surface area contributed by atoms with Gasteiger partial charge >= 0.3 is 0 Å². The van der Waals surface area contributed by atoms with Crippen LogP contribution in [0, 0.1) is 19.8 Å². The van der Waals surface area contributed by atoms with Gasteiger partial charge in [0.15, 0.2) is 0 Å². The summed E-state index contributed by atoms with van der Waals surface area (Å²) in [5, 5.41) is 10.9. The Kier molecular flexibility index (Phi) is 4.55. The average Bonchev–Trinajstić information content (AvgIpc) is 2.76. The lowest BCUT2D eigenvalue weighted by Crippen LogP contribution is -2.35. The van der Waals surface area contributed by atoms with Gasteiger partial charge in [0, 0.05) is 12.1 Å². The van der Waals surface area contributed by atoms with Gasteiger partial charge < -0.3 is 15.3 Å². The molecule has 2 atom stereocenters. The number of nitrogen functional groups attached to an aromatic ring is 1. The lowest BCUT2D eigenvalue weighted by Gasteiger charge is -2.30. The average molecular weight is 318 g/mol. The van der Waals surface area contributed by atoms with E-state index in [9.17, 15) is 5.11 Å². The van der Waals surface area contributed by atoms with Crippen molar-refractivity contribution in [3.63, 3.8) is 0 Å². The molecule has 0 saturated heterocycles. The summed E-state index contributed by atoms with van der Waals surface area (Å²) in [6.07, 6.45) is 4.16. The van der Waals surface area contributed by atoms with E-state index in [1.54, 1.807) is 0 Å². The predicted molar refractivity (Wildman–Crippen MR) is 90.0 cm³/mol. The van der Waals surface area contributed by atoms with E-state index in [1.165, 1.54) is 6.42 Å². The molecule has 0 aliphatic heterocycles. The maximum absolute atomic E-state index is 10.1. The molecule has 6 heteroatoms. The van der Waals surface area contributed by atoms with Gasteiger partial charge in [-0.25, -0.2) is 4.98 Å². The van der Waals surface area contributed by atoms with Crippen LogP contribution in [-0.2, 0) is 6.54 Å². The largest absolute Gasteiger partial charge is 0.443 e. The first-order chi connectivity index (χ1) is 11.0. The van der Waals surface area contributed by atoms with Crippen molar-refractivity contribution in [3.05, 3.63) is 17.1 Å². The van der Waals surface area contributed by atoms with Gasteiger partial charge in [-0.05, 0) is 39.7 Å². The Bertz CT molecular complexity index is 697. The number of anilines is 1. The van der Waals surface area contributed by atoms with E-state index in [0.29, 0.717) is 29.8 Å². The Hall–Kier alpha value is -1.66. The molecule has 2 aromatic heterocycles. The van der Waals surface area contributed by atoms with Crippen LogP contribution in [0.15, 0.2) is 4.42 Å². The number of furan rings is 1. The van der Waals surface area contributed by atoms with Gasteiger partial charge in [-0.2, -0.15) is 4.98 Å². The van der Waals surface area contributed by atoms with Crippen molar-refractivity contribution in [1.29, 1.82) is 0 Å². The van der Waals surface area contributed by atoms with Crippen molar-refractivity contribution < 1.29 is 9.52 Å². The Morgan fingerprint density at radius 2 is 2.00 bits per heavy atom. The molecule has 2 aromatic rings. The molecular weight excluding hydrogens is 292 g/mol. The van der Waals surface area contributed by atoms with E-state index in [4.69, 9.17) is 10.2 Å². The number of fused-ring (bicyclic) bond motifs is 1. The smallest absolute Gasteiger partial charge is 0.231 e. The maximum atomic E-state index is 10.1. The monoisotopic (exact) mass is 318 g/mol. The molecule has 1 aliphatic rings. The van der Waals surface area contributed by atoms with Crippen molar-refractivity contribution in [2.45, 2.75) is 52.2 Å². The zero-order valence-corrected chi connectivity index (χ0v) is 14.2. The van der Waals surface area contributed by atoms with Gasteiger partial charge in [-0.15, -0.1) is 0 Å². The van der Waals surface area contributed by atoms with Crippen LogP contribution in [0.5, 0.6) is 0 Å². The van der Waals surface area contributed by atoms with Crippen LogP contribution in [0.4, 0.5) is 5.82 Å². The Morgan fingerprint density at radius 3 is 2.74 bits per heavy atom. The topological polar surface area (TPSA) is 88.4 Å². The zero-order chi connectivity index (χ0) is 16.6. The number of hydrogen-bond donors (Lipinski definition) is 2. The van der Waals surface area contributed by atoms with E-state index in [2.05, 4.69) is 14.9 Å². The summed E-state index contributed by atoms with van der Waals surface area (Å²) < 4.78 is 5.68. The number of aliphatic hydroxyl groups is 1. The molecular formula is C17H26N4O2. The van der Waals surface area contributed by atoms with Crippen LogP contribution in [0.2, 0.25) is 0 Å². The number of aryl methyl sites for hydroxylation is 2. The van der Waals surface area contributed by atoms with Crippen LogP contribution < -0.4 is 5.73 Å². The summed E-state index contributed by atoms with van der Waals surface area (Å²) in [5.41, 5.74) is 7.65. The molecule has 0 amide bonds. The predicted octanol–water partition coefficient (Wildman–Crippen LogP) is 2.40. The Labute approximate surface area is 136 Å². The fraction of sp³-hybridized carbons (Fsp3) is 0.647. The minimum absolute atomic E-state index is 0.185. The summed E-state index contributed by atoms with van der Waals surface area (Å²) in [6.45, 7) is 5.32. The number of rotatable bonds is 4. The first-order valence-corrected chi connectivity index (χ1v) is 8.34. The maximum Gasteiger partial charge on any atom is 0.231 e. The summed E-state index contributed by atoms with van der Waals surface area (Å²) in [7, 11) is 2.03. The van der Waals surface area contributed by atoms with Crippen LogP contribution >= 0.6 is 0 Å². The highest BCUT2D eigenvalue weighted by molar-refractivity contribution is 5.88. The van der Waals surface area contributed by atoms with Crippen LogP contribution in [-0.4, -0.2) is 39.7 Å². The Morgan fingerprint density at radius 1 is 1.26 bits per heavy atom. The minimum Gasteiger partial charge on any atom is -0.443 e. The lowest BCUT2D eigenvalue weighted by atomic mass is 9.86. The molecule has 0 spiro atoms. The summed E-state index contributed by atoms with van der Waals surface area (Å²) in [6, 6.07) is 0. The van der Waals surface area contributed by atoms with Gasteiger partial charge in [0.2, 0.25) is 5.71 Å². The number of nitrogens with zero attached hydrogens (tertiary/aromatic N) is 3. The second kappa shape index (κ2) is 6.45. The van der Waals surface area contributed by atoms with E-state index in [1.807, 2.05) is 20.9 Å². The van der Waals surface area contributed by atoms with Crippen molar-refractivity contribution in [2.24, 2.45) is 5.92 Å². The van der Waals surface area contributed by atoms with Crippen LogP contribution in [0.1, 0.15) is 42.8 Å². The van der Waals surface area contributed by atoms with E-state index >= 15 is 0 Å². The minimum atomic E-state index is -0.185. The van der Waals surface area contributed by atoms with Gasteiger partial charge in [0.05, 0.1) is 18.0 Å². The van der Waals surface area contributed by atoms with Crippen molar-refractivity contribution in [1.82, 2.24) is 14.9 Å². The van der Waals surface area contributed by atoms with E-state index in [0.717, 1.165) is 42.5 Å². The second-order valence-electron chi connectivity index (χ2n) is 6.80. The van der Waals surface area contributed by atoms with E-state index in [-0.39, 0.29) is 6.10 Å². The number of aliphatic hydroxyl groups excluding tert-OH is 1. The molecule has 1 fully saturated rings. The Balaban J connectivity index is 1.73.